The highest BCUT2D eigenvalue weighted by molar-refractivity contribution is 6.01. The summed E-state index contributed by atoms with van der Waals surface area (Å²) >= 11 is 0. The van der Waals surface area contributed by atoms with Crippen molar-refractivity contribution in [2.24, 2.45) is 0 Å². The quantitative estimate of drug-likeness (QED) is 0.908. The van der Waals surface area contributed by atoms with Crippen LogP contribution in [-0.2, 0) is 4.79 Å². The van der Waals surface area contributed by atoms with Crippen molar-refractivity contribution in [3.05, 3.63) is 60.7 Å². The van der Waals surface area contributed by atoms with Crippen LogP contribution in [0.2, 0.25) is 0 Å². The van der Waals surface area contributed by atoms with Gasteiger partial charge in [-0.05, 0) is 24.3 Å². The molecule has 0 aliphatic carbocycles. The molecule has 0 aromatic heterocycles. The summed E-state index contributed by atoms with van der Waals surface area (Å²) in [7, 11) is 0. The van der Waals surface area contributed by atoms with E-state index >= 15 is 0 Å². The van der Waals surface area contributed by atoms with Crippen LogP contribution in [0.15, 0.2) is 60.7 Å². The topological polar surface area (TPSA) is 72.9 Å². The lowest BCUT2D eigenvalue weighted by molar-refractivity contribution is -0.142. The summed E-state index contributed by atoms with van der Waals surface area (Å²) in [6.07, 6.45) is 0. The first kappa shape index (κ1) is 16.0. The zero-order valence-corrected chi connectivity index (χ0v) is 13.1. The molecule has 6 heteroatoms. The van der Waals surface area contributed by atoms with Gasteiger partial charge >= 0.3 is 12.0 Å². The Kier molecular flexibility index (Phi) is 4.77. The fraction of sp³-hybridized carbons (Fsp3) is 0.222. The van der Waals surface area contributed by atoms with E-state index in [1.54, 1.807) is 4.90 Å². The number of rotatable bonds is 3. The van der Waals surface area contributed by atoms with Crippen molar-refractivity contribution < 1.29 is 14.7 Å². The van der Waals surface area contributed by atoms with Gasteiger partial charge in [0.25, 0.3) is 0 Å². The number of amides is 2. The number of hydrogen-bond acceptors (Lipinski definition) is 3. The van der Waals surface area contributed by atoms with Gasteiger partial charge in [0.15, 0.2) is 0 Å². The molecular weight excluding hydrogens is 306 g/mol. The van der Waals surface area contributed by atoms with Crippen molar-refractivity contribution in [3.63, 3.8) is 0 Å². The van der Waals surface area contributed by atoms with Crippen molar-refractivity contribution in [1.82, 2.24) is 10.2 Å². The van der Waals surface area contributed by atoms with Gasteiger partial charge in [0.1, 0.15) is 6.04 Å². The second-order valence-corrected chi connectivity index (χ2v) is 5.54. The van der Waals surface area contributed by atoms with Gasteiger partial charge in [-0.1, -0.05) is 36.4 Å². The molecule has 24 heavy (non-hydrogen) atoms. The van der Waals surface area contributed by atoms with Crippen LogP contribution >= 0.6 is 0 Å². The van der Waals surface area contributed by atoms with Crippen LogP contribution in [0.5, 0.6) is 0 Å². The first-order chi connectivity index (χ1) is 11.7. The predicted molar refractivity (Wildman–Crippen MR) is 91.4 cm³/mol. The lowest BCUT2D eigenvalue weighted by Gasteiger charge is -2.37. The maximum atomic E-state index is 13.2. The number of anilines is 2. The van der Waals surface area contributed by atoms with Crippen LogP contribution in [0.4, 0.5) is 16.2 Å². The molecule has 2 aromatic carbocycles. The Labute approximate surface area is 140 Å². The van der Waals surface area contributed by atoms with Crippen LogP contribution in [0, 0.1) is 0 Å². The summed E-state index contributed by atoms with van der Waals surface area (Å²) in [5, 5.41) is 12.5. The van der Waals surface area contributed by atoms with Gasteiger partial charge < -0.3 is 15.3 Å². The number of carboxylic acid groups (broad SMARTS) is 1. The number of urea groups is 1. The molecular formula is C18H19N3O3. The maximum Gasteiger partial charge on any atom is 0.329 e. The second-order valence-electron chi connectivity index (χ2n) is 5.54. The fourth-order valence-corrected chi connectivity index (χ4v) is 2.81. The highest BCUT2D eigenvalue weighted by Gasteiger charge is 2.35. The smallest absolute Gasteiger partial charge is 0.329 e. The Hall–Kier alpha value is -2.86. The molecule has 1 atom stereocenters. The van der Waals surface area contributed by atoms with Crippen LogP contribution in [-0.4, -0.2) is 47.7 Å². The number of benzene rings is 2. The van der Waals surface area contributed by atoms with Gasteiger partial charge in [0, 0.05) is 19.6 Å². The van der Waals surface area contributed by atoms with E-state index < -0.39 is 12.0 Å². The molecule has 2 amide bonds. The average molecular weight is 325 g/mol. The van der Waals surface area contributed by atoms with Crippen molar-refractivity contribution in [2.45, 2.75) is 6.04 Å². The number of piperazine rings is 1. The molecule has 1 aliphatic heterocycles. The third kappa shape index (κ3) is 3.23. The Morgan fingerprint density at radius 1 is 1.00 bits per heavy atom. The number of aliphatic carboxylic acids is 1. The predicted octanol–water partition coefficient (Wildman–Crippen LogP) is 2.30. The number of nitrogens with zero attached hydrogens (tertiary/aromatic N) is 2. The van der Waals surface area contributed by atoms with Gasteiger partial charge in [0.2, 0.25) is 0 Å². The average Bonchev–Trinajstić information content (AvgIpc) is 2.63. The number of carboxylic acids is 1. The number of carbonyl (C=O) groups is 2. The van der Waals surface area contributed by atoms with Gasteiger partial charge in [-0.25, -0.2) is 9.59 Å². The molecule has 1 fully saturated rings. The molecule has 6 nitrogen and oxygen atoms in total. The van der Waals surface area contributed by atoms with Crippen molar-refractivity contribution >= 4 is 23.4 Å². The Balaban J connectivity index is 1.99. The van der Waals surface area contributed by atoms with Crippen LogP contribution in [0.25, 0.3) is 0 Å². The normalized spacial score (nSPS) is 17.3. The van der Waals surface area contributed by atoms with E-state index in [1.165, 1.54) is 4.90 Å². The van der Waals surface area contributed by atoms with Crippen molar-refractivity contribution in [1.29, 1.82) is 0 Å². The van der Waals surface area contributed by atoms with Crippen LogP contribution < -0.4 is 10.2 Å². The minimum Gasteiger partial charge on any atom is -0.480 e. The van der Waals surface area contributed by atoms with Crippen LogP contribution in [0.1, 0.15) is 0 Å². The maximum absolute atomic E-state index is 13.2. The SMILES string of the molecule is O=C(O)C1CNCCN1C(=O)N(c1ccccc1)c1ccccc1. The zero-order chi connectivity index (χ0) is 16.9. The Morgan fingerprint density at radius 3 is 2.04 bits per heavy atom. The van der Waals surface area contributed by atoms with Crippen molar-refractivity contribution in [2.75, 3.05) is 24.5 Å². The summed E-state index contributed by atoms with van der Waals surface area (Å²) in [6, 6.07) is 17.3. The Morgan fingerprint density at radius 2 is 1.54 bits per heavy atom. The summed E-state index contributed by atoms with van der Waals surface area (Å²) in [6.45, 7) is 1.18. The number of hydrogen-bond donors (Lipinski definition) is 2. The number of carbonyl (C=O) groups excluding carboxylic acids is 1. The minimum atomic E-state index is -1.00. The summed E-state index contributed by atoms with van der Waals surface area (Å²) in [4.78, 5) is 27.7. The van der Waals surface area contributed by atoms with E-state index in [-0.39, 0.29) is 12.6 Å². The van der Waals surface area contributed by atoms with Crippen LogP contribution in [0.3, 0.4) is 0 Å². The van der Waals surface area contributed by atoms with Crippen molar-refractivity contribution in [3.8, 4) is 0 Å². The lowest BCUT2D eigenvalue weighted by atomic mass is 10.2. The molecule has 1 unspecified atom stereocenters. The molecule has 124 valence electrons. The monoisotopic (exact) mass is 325 g/mol. The van der Waals surface area contributed by atoms with Gasteiger partial charge in [0.05, 0.1) is 11.4 Å². The minimum absolute atomic E-state index is 0.249. The highest BCUT2D eigenvalue weighted by atomic mass is 16.4. The molecule has 1 aliphatic rings. The molecule has 1 saturated heterocycles. The fourth-order valence-electron chi connectivity index (χ4n) is 2.81. The number of nitrogens with one attached hydrogen (secondary N) is 1. The van der Waals surface area contributed by atoms with Gasteiger partial charge in [-0.3, -0.25) is 4.90 Å². The largest absolute Gasteiger partial charge is 0.480 e. The number of para-hydroxylation sites is 2. The van der Waals surface area contributed by atoms with E-state index in [2.05, 4.69) is 5.32 Å². The van der Waals surface area contributed by atoms with Gasteiger partial charge in [-0.2, -0.15) is 0 Å². The van der Waals surface area contributed by atoms with E-state index in [1.807, 2.05) is 60.7 Å². The first-order valence-electron chi connectivity index (χ1n) is 7.83. The molecule has 2 N–H and O–H groups in total. The van der Waals surface area contributed by atoms with E-state index in [4.69, 9.17) is 0 Å². The van der Waals surface area contributed by atoms with E-state index in [0.717, 1.165) is 0 Å². The van der Waals surface area contributed by atoms with E-state index in [0.29, 0.717) is 24.5 Å². The highest BCUT2D eigenvalue weighted by Crippen LogP contribution is 2.27. The molecule has 2 aromatic rings. The molecule has 0 radical (unpaired) electrons. The lowest BCUT2D eigenvalue weighted by Crippen LogP contribution is -2.59. The first-order valence-corrected chi connectivity index (χ1v) is 7.83. The second kappa shape index (κ2) is 7.14. The third-order valence-corrected chi connectivity index (χ3v) is 3.99. The molecule has 0 spiro atoms. The molecule has 0 bridgehead atoms. The molecule has 0 saturated carbocycles. The summed E-state index contributed by atoms with van der Waals surface area (Å²) in [5.41, 5.74) is 1.41. The summed E-state index contributed by atoms with van der Waals surface area (Å²) < 4.78 is 0. The molecule has 1 heterocycles. The van der Waals surface area contributed by atoms with Gasteiger partial charge in [-0.15, -0.1) is 0 Å². The summed E-state index contributed by atoms with van der Waals surface area (Å²) in [5.74, 6) is -1.00. The standard InChI is InChI=1S/C18H19N3O3/c22-17(23)16-13-19-11-12-20(16)18(24)21(14-7-3-1-4-8-14)15-9-5-2-6-10-15/h1-10,16,19H,11-13H2,(H,22,23). The zero-order valence-electron chi connectivity index (χ0n) is 13.1. The Bertz CT molecular complexity index is 666. The third-order valence-electron chi connectivity index (χ3n) is 3.99. The molecule has 3 rings (SSSR count). The van der Waals surface area contributed by atoms with E-state index in [9.17, 15) is 14.7 Å².